The van der Waals surface area contributed by atoms with E-state index in [9.17, 15) is 9.18 Å². The lowest BCUT2D eigenvalue weighted by molar-refractivity contribution is -0.120. The van der Waals surface area contributed by atoms with Gasteiger partial charge < -0.3 is 4.74 Å². The molecule has 2 atom stereocenters. The number of carbonyl (C=O) groups is 1. The van der Waals surface area contributed by atoms with Gasteiger partial charge in [-0.25, -0.2) is 4.39 Å². The predicted molar refractivity (Wildman–Crippen MR) is 149 cm³/mol. The van der Waals surface area contributed by atoms with Crippen molar-refractivity contribution in [2.24, 2.45) is 11.3 Å². The van der Waals surface area contributed by atoms with Gasteiger partial charge in [-0.1, -0.05) is 56.7 Å². The number of Topliss-reactive ketones (excluding diaryl/α,β-unsaturated/α-hetero) is 1. The van der Waals surface area contributed by atoms with E-state index >= 15 is 0 Å². The quantitative estimate of drug-likeness (QED) is 0.327. The number of carbonyl (C=O) groups excluding carboxylic acids is 1. The lowest BCUT2D eigenvalue weighted by Crippen LogP contribution is -2.15. The number of allylic oxidation sites excluding steroid dienone is 2. The van der Waals surface area contributed by atoms with Crippen molar-refractivity contribution in [3.05, 3.63) is 94.3 Å². The van der Waals surface area contributed by atoms with E-state index in [0.29, 0.717) is 12.2 Å². The molecular weight excluding hydrogens is 459 g/mol. The molecule has 0 aromatic heterocycles. The van der Waals surface area contributed by atoms with Gasteiger partial charge in [0.25, 0.3) is 0 Å². The van der Waals surface area contributed by atoms with Crippen LogP contribution >= 0.6 is 0 Å². The molecule has 2 aliphatic carbocycles. The van der Waals surface area contributed by atoms with E-state index in [4.69, 9.17) is 4.74 Å². The van der Waals surface area contributed by atoms with E-state index in [0.717, 1.165) is 53.7 Å². The van der Waals surface area contributed by atoms with Crippen molar-refractivity contribution in [3.63, 3.8) is 0 Å². The number of benzene rings is 3. The van der Waals surface area contributed by atoms with Gasteiger partial charge in [-0.15, -0.1) is 0 Å². The first-order chi connectivity index (χ1) is 17.6. The maximum atomic E-state index is 15.0. The molecule has 2 aliphatic rings. The van der Waals surface area contributed by atoms with Crippen LogP contribution in [0.2, 0.25) is 0 Å². The molecular formula is C34H37FO2. The Morgan fingerprint density at radius 2 is 1.86 bits per heavy atom. The monoisotopic (exact) mass is 496 g/mol. The first-order valence-electron chi connectivity index (χ1n) is 13.5. The largest absolute Gasteiger partial charge is 0.489 e. The molecule has 0 radical (unpaired) electrons. The van der Waals surface area contributed by atoms with Crippen molar-refractivity contribution < 1.29 is 13.9 Å². The summed E-state index contributed by atoms with van der Waals surface area (Å²) >= 11 is 0. The maximum Gasteiger partial charge on any atom is 0.133 e. The first-order valence-corrected chi connectivity index (χ1v) is 13.5. The summed E-state index contributed by atoms with van der Waals surface area (Å²) in [6.07, 6.45) is 6.48. The number of hydrogen-bond acceptors (Lipinski definition) is 2. The number of ketones is 1. The van der Waals surface area contributed by atoms with Gasteiger partial charge in [0, 0.05) is 11.5 Å². The molecule has 0 N–H and O–H groups in total. The Bertz CT molecular complexity index is 1380. The molecule has 3 aromatic carbocycles. The normalized spacial score (nSPS) is 18.9. The molecule has 0 bridgehead atoms. The second-order valence-corrected chi connectivity index (χ2v) is 11.6. The molecule has 0 saturated heterocycles. The average molecular weight is 497 g/mol. The summed E-state index contributed by atoms with van der Waals surface area (Å²) in [5.74, 6) is 1.17. The van der Waals surface area contributed by atoms with Crippen LogP contribution in [0.1, 0.15) is 80.7 Å². The Hall–Kier alpha value is -3.20. The van der Waals surface area contributed by atoms with Crippen molar-refractivity contribution in [2.75, 3.05) is 0 Å². The Labute approximate surface area is 220 Å². The number of fused-ring (bicyclic) bond motifs is 1. The molecule has 0 unspecified atom stereocenters. The van der Waals surface area contributed by atoms with Gasteiger partial charge in [0.05, 0.1) is 0 Å². The SMILES string of the molecule is CC(=O)[C@H](C)[C@H]1CCc2ccc(OCc3ccc(-c4cc(C)ccc4F)c(C4=CCCC4(C)C)c3)cc21. The van der Waals surface area contributed by atoms with Crippen molar-refractivity contribution in [1.29, 1.82) is 0 Å². The third kappa shape index (κ3) is 5.01. The molecule has 2 nitrogen and oxygen atoms in total. The highest BCUT2D eigenvalue weighted by atomic mass is 19.1. The van der Waals surface area contributed by atoms with Crippen LogP contribution < -0.4 is 4.74 Å². The van der Waals surface area contributed by atoms with Crippen LogP contribution in [0.4, 0.5) is 4.39 Å². The maximum absolute atomic E-state index is 15.0. The zero-order valence-electron chi connectivity index (χ0n) is 22.7. The van der Waals surface area contributed by atoms with Gasteiger partial charge in [0.2, 0.25) is 0 Å². The topological polar surface area (TPSA) is 26.3 Å². The zero-order valence-corrected chi connectivity index (χ0v) is 22.7. The highest BCUT2D eigenvalue weighted by Gasteiger charge is 2.31. The number of rotatable bonds is 7. The second-order valence-electron chi connectivity index (χ2n) is 11.6. The Morgan fingerprint density at radius 1 is 1.05 bits per heavy atom. The van der Waals surface area contributed by atoms with E-state index in [2.05, 4.69) is 44.2 Å². The second kappa shape index (κ2) is 9.93. The van der Waals surface area contributed by atoms with Crippen LogP contribution in [0, 0.1) is 24.1 Å². The van der Waals surface area contributed by atoms with Crippen LogP contribution in [0.15, 0.2) is 60.7 Å². The molecule has 0 aliphatic heterocycles. The summed E-state index contributed by atoms with van der Waals surface area (Å²) in [4.78, 5) is 12.0. The Kier molecular flexibility index (Phi) is 6.83. The molecule has 3 heteroatoms. The van der Waals surface area contributed by atoms with Crippen LogP contribution in [-0.4, -0.2) is 5.78 Å². The fourth-order valence-corrected chi connectivity index (χ4v) is 6.12. The van der Waals surface area contributed by atoms with Gasteiger partial charge >= 0.3 is 0 Å². The van der Waals surface area contributed by atoms with Gasteiger partial charge in [0.15, 0.2) is 0 Å². The van der Waals surface area contributed by atoms with Crippen molar-refractivity contribution in [1.82, 2.24) is 0 Å². The fraction of sp³-hybridized carbons (Fsp3) is 0.382. The van der Waals surface area contributed by atoms with E-state index in [1.54, 1.807) is 13.0 Å². The van der Waals surface area contributed by atoms with Crippen LogP contribution in [-0.2, 0) is 17.8 Å². The van der Waals surface area contributed by atoms with E-state index in [-0.39, 0.29) is 28.9 Å². The molecule has 3 aromatic rings. The standard InChI is InChI=1S/C34H37FO2/c1-21-8-15-33(35)31(17-21)28-13-9-24(18-30(28)32-7-6-16-34(32,4)5)20-37-26-12-10-25-11-14-27(29(25)19-26)22(2)23(3)36/h7-10,12-13,15,17-19,22,27H,6,11,14,16,20H2,1-5H3/t22-,27+/m0/s1. The number of hydrogen-bond donors (Lipinski definition) is 0. The molecule has 0 heterocycles. The van der Waals surface area contributed by atoms with Crippen LogP contribution in [0.25, 0.3) is 16.7 Å². The van der Waals surface area contributed by atoms with Crippen LogP contribution in [0.3, 0.4) is 0 Å². The summed E-state index contributed by atoms with van der Waals surface area (Å²) in [5, 5.41) is 0. The highest BCUT2D eigenvalue weighted by Crippen LogP contribution is 2.47. The number of aryl methyl sites for hydroxylation is 2. The number of ether oxygens (including phenoxy) is 1. The van der Waals surface area contributed by atoms with Crippen molar-refractivity contribution >= 4 is 11.4 Å². The average Bonchev–Trinajstić information content (AvgIpc) is 3.45. The van der Waals surface area contributed by atoms with Gasteiger partial charge in [-0.3, -0.25) is 4.79 Å². The molecule has 0 spiro atoms. The summed E-state index contributed by atoms with van der Waals surface area (Å²) < 4.78 is 21.3. The molecule has 37 heavy (non-hydrogen) atoms. The predicted octanol–water partition coefficient (Wildman–Crippen LogP) is 8.84. The Balaban J connectivity index is 1.45. The molecule has 5 rings (SSSR count). The van der Waals surface area contributed by atoms with Gasteiger partial charge in [0.1, 0.15) is 24.0 Å². The van der Waals surface area contributed by atoms with Gasteiger partial charge in [-0.2, -0.15) is 0 Å². The third-order valence-corrected chi connectivity index (χ3v) is 8.52. The summed E-state index contributed by atoms with van der Waals surface area (Å²) in [6, 6.07) is 17.9. The minimum atomic E-state index is -0.195. The van der Waals surface area contributed by atoms with E-state index < -0.39 is 0 Å². The van der Waals surface area contributed by atoms with Crippen molar-refractivity contribution in [2.45, 2.75) is 72.8 Å². The summed E-state index contributed by atoms with van der Waals surface area (Å²) in [7, 11) is 0. The van der Waals surface area contributed by atoms with E-state index in [1.807, 2.05) is 38.1 Å². The molecule has 0 fully saturated rings. The summed E-state index contributed by atoms with van der Waals surface area (Å²) in [5.41, 5.74) is 8.68. The molecule has 0 amide bonds. The Morgan fingerprint density at radius 3 is 2.59 bits per heavy atom. The smallest absolute Gasteiger partial charge is 0.133 e. The van der Waals surface area contributed by atoms with Crippen molar-refractivity contribution in [3.8, 4) is 16.9 Å². The molecule has 0 saturated carbocycles. The highest BCUT2D eigenvalue weighted by molar-refractivity contribution is 5.85. The first kappa shape index (κ1) is 25.4. The zero-order chi connectivity index (χ0) is 26.3. The lowest BCUT2D eigenvalue weighted by Gasteiger charge is -2.25. The third-order valence-electron chi connectivity index (χ3n) is 8.52. The number of halogens is 1. The van der Waals surface area contributed by atoms with Gasteiger partial charge in [-0.05, 0) is 115 Å². The minimum Gasteiger partial charge on any atom is -0.489 e. The minimum absolute atomic E-state index is 0.0247. The van der Waals surface area contributed by atoms with Crippen LogP contribution in [0.5, 0.6) is 5.75 Å². The molecule has 192 valence electrons. The summed E-state index contributed by atoms with van der Waals surface area (Å²) in [6.45, 7) is 10.7. The van der Waals surface area contributed by atoms with E-state index in [1.165, 1.54) is 16.7 Å². The fourth-order valence-electron chi connectivity index (χ4n) is 6.12. The lowest BCUT2D eigenvalue weighted by atomic mass is 9.79.